The van der Waals surface area contributed by atoms with Crippen LogP contribution in [0.25, 0.3) is 0 Å². The number of rotatable bonds is 2. The van der Waals surface area contributed by atoms with E-state index in [0.717, 1.165) is 43.8 Å². The third-order valence-electron chi connectivity index (χ3n) is 3.43. The molecule has 1 aromatic rings. The molecule has 1 aromatic carbocycles. The lowest BCUT2D eigenvalue weighted by Gasteiger charge is -2.36. The van der Waals surface area contributed by atoms with E-state index in [1.54, 1.807) is 0 Å². The quantitative estimate of drug-likeness (QED) is 0.871. The van der Waals surface area contributed by atoms with Crippen LogP contribution in [0.1, 0.15) is 0 Å². The van der Waals surface area contributed by atoms with E-state index >= 15 is 0 Å². The van der Waals surface area contributed by atoms with Crippen molar-refractivity contribution < 1.29 is 4.74 Å². The monoisotopic (exact) mass is 311 g/mol. The predicted octanol–water partition coefficient (Wildman–Crippen LogP) is 1.67. The Morgan fingerprint density at radius 1 is 1.39 bits per heavy atom. The number of fused-ring (bicyclic) bond motifs is 1. The van der Waals surface area contributed by atoms with Gasteiger partial charge in [0.05, 0.1) is 24.1 Å². The minimum Gasteiger partial charge on any atom is -0.382 e. The van der Waals surface area contributed by atoms with Gasteiger partial charge in [0, 0.05) is 37.2 Å². The number of anilines is 2. The van der Waals surface area contributed by atoms with Gasteiger partial charge in [0.2, 0.25) is 0 Å². The molecular weight excluding hydrogens is 294 g/mol. The molecule has 5 heteroatoms. The minimum absolute atomic E-state index is 0.295. The lowest BCUT2D eigenvalue weighted by atomic mass is 10.1. The summed E-state index contributed by atoms with van der Waals surface area (Å²) in [5, 5.41) is 6.82. The van der Waals surface area contributed by atoms with Crippen molar-refractivity contribution in [3.05, 3.63) is 22.7 Å². The number of benzene rings is 1. The molecule has 18 heavy (non-hydrogen) atoms. The Kier molecular flexibility index (Phi) is 3.72. The minimum atomic E-state index is 0.295. The van der Waals surface area contributed by atoms with Crippen LogP contribution < -0.4 is 15.5 Å². The highest BCUT2D eigenvalue weighted by molar-refractivity contribution is 9.10. The standard InChI is InChI=1S/C13H18BrN3O/c14-10-1-2-12-13(7-10)17(5-3-16-12)9-11-8-15-4-6-18-11/h1-2,7,11,15-16H,3-6,8-9H2. The summed E-state index contributed by atoms with van der Waals surface area (Å²) in [6.45, 7) is 5.73. The second-order valence-corrected chi connectivity index (χ2v) is 5.65. The van der Waals surface area contributed by atoms with Crippen LogP contribution in [0.15, 0.2) is 22.7 Å². The first-order chi connectivity index (χ1) is 8.83. The van der Waals surface area contributed by atoms with Gasteiger partial charge in [-0.05, 0) is 18.2 Å². The van der Waals surface area contributed by atoms with Crippen molar-refractivity contribution in [3.63, 3.8) is 0 Å². The summed E-state index contributed by atoms with van der Waals surface area (Å²) < 4.78 is 6.91. The molecule has 0 aliphatic carbocycles. The molecular formula is C13H18BrN3O. The van der Waals surface area contributed by atoms with E-state index in [2.05, 4.69) is 49.7 Å². The van der Waals surface area contributed by atoms with Crippen LogP contribution in [-0.2, 0) is 4.74 Å². The van der Waals surface area contributed by atoms with E-state index in [0.29, 0.717) is 6.10 Å². The highest BCUT2D eigenvalue weighted by atomic mass is 79.9. The fraction of sp³-hybridized carbons (Fsp3) is 0.538. The molecule has 4 nitrogen and oxygen atoms in total. The Bertz CT molecular complexity index is 421. The zero-order valence-corrected chi connectivity index (χ0v) is 11.9. The summed E-state index contributed by atoms with van der Waals surface area (Å²) >= 11 is 3.55. The molecule has 1 atom stereocenters. The highest BCUT2D eigenvalue weighted by Crippen LogP contribution is 2.32. The molecule has 0 amide bonds. The number of nitrogens with zero attached hydrogens (tertiary/aromatic N) is 1. The maximum absolute atomic E-state index is 5.79. The number of hydrogen-bond acceptors (Lipinski definition) is 4. The lowest BCUT2D eigenvalue weighted by Crippen LogP contribution is -2.47. The van der Waals surface area contributed by atoms with Crippen LogP contribution >= 0.6 is 15.9 Å². The molecule has 2 aliphatic rings. The van der Waals surface area contributed by atoms with E-state index in [-0.39, 0.29) is 0 Å². The summed E-state index contributed by atoms with van der Waals surface area (Å²) in [7, 11) is 0. The van der Waals surface area contributed by atoms with Crippen LogP contribution in [0.4, 0.5) is 11.4 Å². The average Bonchev–Trinajstić information content (AvgIpc) is 2.41. The largest absolute Gasteiger partial charge is 0.382 e. The van der Waals surface area contributed by atoms with Crippen LogP contribution in [0.2, 0.25) is 0 Å². The van der Waals surface area contributed by atoms with Gasteiger partial charge in [-0.1, -0.05) is 15.9 Å². The zero-order valence-electron chi connectivity index (χ0n) is 10.3. The van der Waals surface area contributed by atoms with Crippen molar-refractivity contribution >= 4 is 27.3 Å². The Morgan fingerprint density at radius 3 is 3.17 bits per heavy atom. The van der Waals surface area contributed by atoms with Crippen LogP contribution in [0, 0.1) is 0 Å². The van der Waals surface area contributed by atoms with Gasteiger partial charge in [-0.15, -0.1) is 0 Å². The van der Waals surface area contributed by atoms with Crippen LogP contribution in [-0.4, -0.2) is 45.4 Å². The molecule has 2 aliphatic heterocycles. The third kappa shape index (κ3) is 2.63. The van der Waals surface area contributed by atoms with Gasteiger partial charge in [0.25, 0.3) is 0 Å². The van der Waals surface area contributed by atoms with E-state index in [4.69, 9.17) is 4.74 Å². The van der Waals surface area contributed by atoms with E-state index < -0.39 is 0 Å². The summed E-state index contributed by atoms with van der Waals surface area (Å²) in [6, 6.07) is 6.39. The number of morpholine rings is 1. The van der Waals surface area contributed by atoms with E-state index in [9.17, 15) is 0 Å². The molecule has 2 heterocycles. The molecule has 0 bridgehead atoms. The highest BCUT2D eigenvalue weighted by Gasteiger charge is 2.22. The maximum Gasteiger partial charge on any atom is 0.0874 e. The molecule has 0 saturated carbocycles. The molecule has 0 aromatic heterocycles. The fourth-order valence-electron chi connectivity index (χ4n) is 2.53. The van der Waals surface area contributed by atoms with Crippen molar-refractivity contribution in [2.45, 2.75) is 6.10 Å². The molecule has 0 radical (unpaired) electrons. The summed E-state index contributed by atoms with van der Waals surface area (Å²) in [4.78, 5) is 2.41. The van der Waals surface area contributed by atoms with E-state index in [1.165, 1.54) is 11.4 Å². The van der Waals surface area contributed by atoms with Gasteiger partial charge in [0.15, 0.2) is 0 Å². The van der Waals surface area contributed by atoms with Gasteiger partial charge in [0.1, 0.15) is 0 Å². The Hall–Kier alpha value is -0.780. The smallest absolute Gasteiger partial charge is 0.0874 e. The average molecular weight is 312 g/mol. The van der Waals surface area contributed by atoms with Gasteiger partial charge in [-0.3, -0.25) is 0 Å². The molecule has 3 rings (SSSR count). The first-order valence-electron chi connectivity index (χ1n) is 6.43. The normalized spacial score (nSPS) is 23.4. The Morgan fingerprint density at radius 2 is 2.33 bits per heavy atom. The first kappa shape index (κ1) is 12.3. The van der Waals surface area contributed by atoms with Gasteiger partial charge in [-0.25, -0.2) is 0 Å². The SMILES string of the molecule is Brc1ccc2c(c1)N(CC1CNCCO1)CCN2. The second kappa shape index (κ2) is 5.47. The van der Waals surface area contributed by atoms with Gasteiger partial charge in [-0.2, -0.15) is 0 Å². The molecule has 1 unspecified atom stereocenters. The van der Waals surface area contributed by atoms with E-state index in [1.807, 2.05) is 0 Å². The first-order valence-corrected chi connectivity index (χ1v) is 7.23. The van der Waals surface area contributed by atoms with Crippen LogP contribution in [0.3, 0.4) is 0 Å². The molecule has 98 valence electrons. The zero-order chi connectivity index (χ0) is 12.4. The van der Waals surface area contributed by atoms with Crippen molar-refractivity contribution in [1.29, 1.82) is 0 Å². The number of nitrogens with one attached hydrogen (secondary N) is 2. The molecule has 1 saturated heterocycles. The molecule has 2 N–H and O–H groups in total. The lowest BCUT2D eigenvalue weighted by molar-refractivity contribution is 0.0334. The number of hydrogen-bond donors (Lipinski definition) is 2. The fourth-order valence-corrected chi connectivity index (χ4v) is 2.88. The maximum atomic E-state index is 5.79. The number of halogens is 1. The van der Waals surface area contributed by atoms with Gasteiger partial charge < -0.3 is 20.3 Å². The Labute approximate surface area is 116 Å². The summed E-state index contributed by atoms with van der Waals surface area (Å²) in [5.74, 6) is 0. The molecule has 0 spiro atoms. The Balaban J connectivity index is 1.75. The predicted molar refractivity (Wildman–Crippen MR) is 77.5 cm³/mol. The van der Waals surface area contributed by atoms with Gasteiger partial charge >= 0.3 is 0 Å². The van der Waals surface area contributed by atoms with Crippen molar-refractivity contribution in [3.8, 4) is 0 Å². The molecule has 1 fully saturated rings. The van der Waals surface area contributed by atoms with Crippen molar-refractivity contribution in [1.82, 2.24) is 5.32 Å². The third-order valence-corrected chi connectivity index (χ3v) is 3.92. The number of ether oxygens (including phenoxy) is 1. The summed E-state index contributed by atoms with van der Waals surface area (Å²) in [5.41, 5.74) is 2.48. The second-order valence-electron chi connectivity index (χ2n) is 4.73. The van der Waals surface area contributed by atoms with Crippen LogP contribution in [0.5, 0.6) is 0 Å². The topological polar surface area (TPSA) is 36.5 Å². The van der Waals surface area contributed by atoms with Crippen molar-refractivity contribution in [2.75, 3.05) is 49.5 Å². The summed E-state index contributed by atoms with van der Waals surface area (Å²) in [6.07, 6.45) is 0.295. The van der Waals surface area contributed by atoms with Crippen molar-refractivity contribution in [2.24, 2.45) is 0 Å².